The van der Waals surface area contributed by atoms with Gasteiger partial charge in [0.05, 0.1) is 24.0 Å². The van der Waals surface area contributed by atoms with Crippen molar-refractivity contribution in [2.24, 2.45) is 5.92 Å². The summed E-state index contributed by atoms with van der Waals surface area (Å²) in [6, 6.07) is 13.6. The smallest absolute Gasteiger partial charge is 0.336 e. The third-order valence-electron chi connectivity index (χ3n) is 5.57. The minimum absolute atomic E-state index is 0.121. The van der Waals surface area contributed by atoms with Gasteiger partial charge in [0.2, 0.25) is 0 Å². The fourth-order valence-corrected chi connectivity index (χ4v) is 4.19. The minimum Gasteiger partial charge on any atom is -0.466 e. The molecule has 29 heavy (non-hydrogen) atoms. The second-order valence-electron chi connectivity index (χ2n) is 7.60. The first kappa shape index (κ1) is 19.2. The SMILES string of the molecule is CC1=C(C(=O)OCCc2ccccc2)C(c2ccc(C)o2)C2C(=O)CCC=C2N1. The Balaban J connectivity index is 1.61. The molecule has 5 heteroatoms. The first-order chi connectivity index (χ1) is 14.0. The Morgan fingerprint density at radius 3 is 2.66 bits per heavy atom. The molecular weight excluding hydrogens is 366 g/mol. The van der Waals surface area contributed by atoms with Crippen molar-refractivity contribution >= 4 is 11.8 Å². The summed E-state index contributed by atoms with van der Waals surface area (Å²) in [5, 5.41) is 3.27. The van der Waals surface area contributed by atoms with E-state index in [1.807, 2.05) is 56.3 Å². The van der Waals surface area contributed by atoms with Gasteiger partial charge in [-0.3, -0.25) is 4.79 Å². The number of ketones is 1. The number of hydrogen-bond acceptors (Lipinski definition) is 5. The molecule has 0 saturated heterocycles. The highest BCUT2D eigenvalue weighted by atomic mass is 16.5. The van der Waals surface area contributed by atoms with E-state index in [2.05, 4.69) is 11.4 Å². The van der Waals surface area contributed by atoms with Crippen molar-refractivity contribution in [1.82, 2.24) is 5.32 Å². The predicted molar refractivity (Wildman–Crippen MR) is 109 cm³/mol. The Bertz CT molecular complexity index is 983. The molecule has 1 aromatic heterocycles. The van der Waals surface area contributed by atoms with E-state index >= 15 is 0 Å². The number of carbonyl (C=O) groups is 2. The van der Waals surface area contributed by atoms with Gasteiger partial charge in [-0.1, -0.05) is 36.4 Å². The van der Waals surface area contributed by atoms with E-state index in [1.165, 1.54) is 0 Å². The lowest BCUT2D eigenvalue weighted by Gasteiger charge is -2.36. The van der Waals surface area contributed by atoms with Crippen molar-refractivity contribution in [2.75, 3.05) is 6.61 Å². The topological polar surface area (TPSA) is 68.5 Å². The fraction of sp³-hybridized carbons (Fsp3) is 0.333. The van der Waals surface area contributed by atoms with E-state index in [9.17, 15) is 9.59 Å². The number of carbonyl (C=O) groups excluding carboxylic acids is 2. The lowest BCUT2D eigenvalue weighted by Crippen LogP contribution is -2.40. The average Bonchev–Trinajstić information content (AvgIpc) is 3.14. The Kier molecular flexibility index (Phi) is 5.38. The molecule has 0 amide bonds. The van der Waals surface area contributed by atoms with E-state index in [-0.39, 0.29) is 12.4 Å². The molecule has 4 rings (SSSR count). The van der Waals surface area contributed by atoms with Crippen LogP contribution in [0.25, 0.3) is 0 Å². The highest BCUT2D eigenvalue weighted by Gasteiger charge is 2.44. The molecule has 5 nitrogen and oxygen atoms in total. The van der Waals surface area contributed by atoms with Crippen LogP contribution in [0.3, 0.4) is 0 Å². The van der Waals surface area contributed by atoms with Crippen LogP contribution in [-0.2, 0) is 20.7 Å². The van der Waals surface area contributed by atoms with Gasteiger partial charge in [0.15, 0.2) is 0 Å². The Morgan fingerprint density at radius 1 is 1.14 bits per heavy atom. The van der Waals surface area contributed by atoms with E-state index in [4.69, 9.17) is 9.15 Å². The van der Waals surface area contributed by atoms with Crippen LogP contribution in [-0.4, -0.2) is 18.4 Å². The fourth-order valence-electron chi connectivity index (χ4n) is 4.19. The molecule has 2 atom stereocenters. The largest absolute Gasteiger partial charge is 0.466 e. The van der Waals surface area contributed by atoms with Gasteiger partial charge in [0.25, 0.3) is 0 Å². The highest BCUT2D eigenvalue weighted by molar-refractivity contribution is 5.95. The number of fused-ring (bicyclic) bond motifs is 1. The van der Waals surface area contributed by atoms with E-state index in [1.54, 1.807) is 0 Å². The van der Waals surface area contributed by atoms with Gasteiger partial charge >= 0.3 is 5.97 Å². The normalized spacial score (nSPS) is 21.3. The number of furan rings is 1. The Labute approximate surface area is 170 Å². The number of hydrogen-bond donors (Lipinski definition) is 1. The van der Waals surface area contributed by atoms with Crippen LogP contribution in [0.2, 0.25) is 0 Å². The zero-order chi connectivity index (χ0) is 20.4. The summed E-state index contributed by atoms with van der Waals surface area (Å²) in [5.41, 5.74) is 3.16. The molecule has 2 aliphatic rings. The summed E-state index contributed by atoms with van der Waals surface area (Å²) in [5.74, 6) is 0.202. The maximum atomic E-state index is 13.1. The number of ether oxygens (including phenoxy) is 1. The first-order valence-corrected chi connectivity index (χ1v) is 10.0. The molecule has 2 aromatic rings. The van der Waals surface area contributed by atoms with Crippen molar-refractivity contribution < 1.29 is 18.7 Å². The monoisotopic (exact) mass is 391 g/mol. The standard InChI is InChI=1S/C24H25NO4/c1-15-11-12-20(29-15)23-21(16(2)25-18-9-6-10-19(26)22(18)23)24(27)28-14-13-17-7-4-3-5-8-17/h3-5,7-9,11-12,22-23,25H,6,10,13-14H2,1-2H3. The zero-order valence-corrected chi connectivity index (χ0v) is 16.7. The van der Waals surface area contributed by atoms with Gasteiger partial charge in [-0.15, -0.1) is 0 Å². The van der Waals surface area contributed by atoms with Crippen LogP contribution in [0.5, 0.6) is 0 Å². The molecule has 1 aliphatic heterocycles. The molecule has 2 unspecified atom stereocenters. The van der Waals surface area contributed by atoms with Crippen LogP contribution >= 0.6 is 0 Å². The minimum atomic E-state index is -0.465. The predicted octanol–water partition coefficient (Wildman–Crippen LogP) is 4.20. The maximum Gasteiger partial charge on any atom is 0.336 e. The van der Waals surface area contributed by atoms with Crippen LogP contribution < -0.4 is 5.32 Å². The molecule has 150 valence electrons. The van der Waals surface area contributed by atoms with Gasteiger partial charge in [0, 0.05) is 24.2 Å². The summed E-state index contributed by atoms with van der Waals surface area (Å²) in [4.78, 5) is 25.9. The molecule has 0 fully saturated rings. The molecule has 0 radical (unpaired) electrons. The number of rotatable bonds is 5. The van der Waals surface area contributed by atoms with E-state index in [0.29, 0.717) is 36.3 Å². The quantitative estimate of drug-likeness (QED) is 0.774. The Hall–Kier alpha value is -3.08. The average molecular weight is 391 g/mol. The number of allylic oxidation sites excluding steroid dienone is 3. The highest BCUT2D eigenvalue weighted by Crippen LogP contribution is 2.44. The molecule has 2 heterocycles. The molecule has 0 saturated carbocycles. The van der Waals surface area contributed by atoms with Gasteiger partial charge in [-0.05, 0) is 38.0 Å². The number of Topliss-reactive ketones (excluding diaryl/α,β-unsaturated/α-hetero) is 1. The third kappa shape index (κ3) is 3.90. The summed E-state index contributed by atoms with van der Waals surface area (Å²) in [6.07, 6.45) is 3.88. The second kappa shape index (κ2) is 8.11. The summed E-state index contributed by atoms with van der Waals surface area (Å²) in [7, 11) is 0. The zero-order valence-electron chi connectivity index (χ0n) is 16.7. The molecule has 1 aliphatic carbocycles. The Morgan fingerprint density at radius 2 is 1.93 bits per heavy atom. The third-order valence-corrected chi connectivity index (χ3v) is 5.57. The van der Waals surface area contributed by atoms with Crippen LogP contribution in [0.1, 0.15) is 42.8 Å². The maximum absolute atomic E-state index is 13.1. The van der Waals surface area contributed by atoms with Crippen molar-refractivity contribution in [3.05, 3.63) is 82.6 Å². The lowest BCUT2D eigenvalue weighted by molar-refractivity contribution is -0.139. The summed E-state index contributed by atoms with van der Waals surface area (Å²) < 4.78 is 11.5. The van der Waals surface area contributed by atoms with Gasteiger partial charge in [-0.25, -0.2) is 4.79 Å². The second-order valence-corrected chi connectivity index (χ2v) is 7.60. The molecular formula is C24H25NO4. The van der Waals surface area contributed by atoms with Gasteiger partial charge in [-0.2, -0.15) is 0 Å². The van der Waals surface area contributed by atoms with Crippen LogP contribution in [0, 0.1) is 12.8 Å². The molecule has 1 N–H and O–H groups in total. The van der Waals surface area contributed by atoms with E-state index < -0.39 is 17.8 Å². The van der Waals surface area contributed by atoms with Gasteiger partial charge < -0.3 is 14.5 Å². The lowest BCUT2D eigenvalue weighted by atomic mass is 9.73. The van der Waals surface area contributed by atoms with Crippen LogP contribution in [0.4, 0.5) is 0 Å². The summed E-state index contributed by atoms with van der Waals surface area (Å²) >= 11 is 0. The van der Waals surface area contributed by atoms with Gasteiger partial charge in [0.1, 0.15) is 17.3 Å². The number of aryl methyl sites for hydroxylation is 1. The van der Waals surface area contributed by atoms with Crippen LogP contribution in [0.15, 0.2) is 69.9 Å². The number of esters is 1. The van der Waals surface area contributed by atoms with Crippen molar-refractivity contribution in [3.8, 4) is 0 Å². The number of nitrogens with one attached hydrogen (secondary N) is 1. The van der Waals surface area contributed by atoms with E-state index in [0.717, 1.165) is 17.0 Å². The number of benzene rings is 1. The summed E-state index contributed by atoms with van der Waals surface area (Å²) in [6.45, 7) is 4.00. The molecule has 0 bridgehead atoms. The first-order valence-electron chi connectivity index (χ1n) is 10.0. The molecule has 0 spiro atoms. The molecule has 1 aromatic carbocycles. The van der Waals surface area contributed by atoms with Crippen molar-refractivity contribution in [1.29, 1.82) is 0 Å². The van der Waals surface area contributed by atoms with Crippen molar-refractivity contribution in [2.45, 2.75) is 39.0 Å². The van der Waals surface area contributed by atoms with Crippen molar-refractivity contribution in [3.63, 3.8) is 0 Å².